The first kappa shape index (κ1) is 23.9. The Labute approximate surface area is 236 Å². The van der Waals surface area contributed by atoms with Crippen molar-refractivity contribution in [2.45, 2.75) is 36.8 Å². The topological polar surface area (TPSA) is 78.5 Å². The first-order valence-electron chi connectivity index (χ1n) is 13.7. The summed E-state index contributed by atoms with van der Waals surface area (Å²) in [5.74, 6) is -1.47. The molecule has 4 aliphatic rings. The van der Waals surface area contributed by atoms with Gasteiger partial charge in [0.2, 0.25) is 5.91 Å². The van der Waals surface area contributed by atoms with E-state index in [1.165, 1.54) is 0 Å². The zero-order chi connectivity index (χ0) is 27.4. The van der Waals surface area contributed by atoms with Gasteiger partial charge in [0, 0.05) is 27.9 Å². The van der Waals surface area contributed by atoms with E-state index in [1.807, 2.05) is 79.7 Å². The van der Waals surface area contributed by atoms with Crippen LogP contribution in [0.5, 0.6) is 0 Å². The number of ketones is 1. The van der Waals surface area contributed by atoms with E-state index in [-0.39, 0.29) is 23.6 Å². The normalized spacial score (nSPS) is 28.1. The molecule has 2 spiro atoms. The maximum Gasteiger partial charge on any atom is 0.251 e. The predicted octanol–water partition coefficient (Wildman–Crippen LogP) is 5.82. The van der Waals surface area contributed by atoms with Crippen LogP contribution in [0.2, 0.25) is 5.02 Å². The van der Waals surface area contributed by atoms with Gasteiger partial charge in [-0.05, 0) is 66.4 Å². The lowest BCUT2D eigenvalue weighted by atomic mass is 9.57. The van der Waals surface area contributed by atoms with Crippen LogP contribution in [0.4, 0.5) is 11.4 Å². The van der Waals surface area contributed by atoms with E-state index < -0.39 is 16.9 Å². The number of nitrogens with zero attached hydrogens (tertiary/aromatic N) is 1. The molecule has 2 amide bonds. The molecule has 4 aromatic carbocycles. The van der Waals surface area contributed by atoms with Gasteiger partial charge in [-0.3, -0.25) is 19.3 Å². The highest BCUT2D eigenvalue weighted by molar-refractivity contribution is 6.32. The highest BCUT2D eigenvalue weighted by Crippen LogP contribution is 2.68. The fourth-order valence-electron chi connectivity index (χ4n) is 8.29. The highest BCUT2D eigenvalue weighted by Gasteiger charge is 2.81. The summed E-state index contributed by atoms with van der Waals surface area (Å²) in [4.78, 5) is 46.2. The van der Waals surface area contributed by atoms with Gasteiger partial charge >= 0.3 is 0 Å². The molecule has 0 aromatic heterocycles. The summed E-state index contributed by atoms with van der Waals surface area (Å²) in [5, 5.41) is 8.76. The second-order valence-corrected chi connectivity index (χ2v) is 11.8. The number of nitrogens with one attached hydrogen (secondary N) is 2. The Kier molecular flexibility index (Phi) is 4.79. The largest absolute Gasteiger partial charge is 0.325 e. The number of amides is 2. The number of hydrogen-bond donors (Lipinski definition) is 2. The van der Waals surface area contributed by atoms with Crippen LogP contribution in [0.1, 0.15) is 39.9 Å². The Balaban J connectivity index is 1.46. The zero-order valence-corrected chi connectivity index (χ0v) is 22.6. The van der Waals surface area contributed by atoms with Crippen LogP contribution < -0.4 is 10.6 Å². The van der Waals surface area contributed by atoms with Crippen molar-refractivity contribution < 1.29 is 14.4 Å². The molecule has 7 heteroatoms. The van der Waals surface area contributed by atoms with Crippen molar-refractivity contribution in [1.82, 2.24) is 4.90 Å². The van der Waals surface area contributed by atoms with Crippen molar-refractivity contribution >= 4 is 51.3 Å². The van der Waals surface area contributed by atoms with Crippen LogP contribution in [0.3, 0.4) is 0 Å². The smallest absolute Gasteiger partial charge is 0.251 e. The number of rotatable bonds is 2. The van der Waals surface area contributed by atoms with Gasteiger partial charge in [-0.2, -0.15) is 0 Å². The van der Waals surface area contributed by atoms with Crippen LogP contribution in [-0.4, -0.2) is 35.1 Å². The summed E-state index contributed by atoms with van der Waals surface area (Å²) in [5.41, 5.74) is 1.15. The van der Waals surface area contributed by atoms with Crippen LogP contribution in [0.25, 0.3) is 10.8 Å². The van der Waals surface area contributed by atoms with Gasteiger partial charge in [-0.1, -0.05) is 72.3 Å². The van der Waals surface area contributed by atoms with Crippen LogP contribution in [0.15, 0.2) is 78.9 Å². The summed E-state index contributed by atoms with van der Waals surface area (Å²) >= 11 is 6.52. The summed E-state index contributed by atoms with van der Waals surface area (Å²) in [7, 11) is 0. The van der Waals surface area contributed by atoms with Gasteiger partial charge in [0.25, 0.3) is 5.91 Å². The molecule has 2 saturated heterocycles. The molecule has 2 fully saturated rings. The molecule has 198 valence electrons. The number of fused-ring (bicyclic) bond motifs is 8. The number of Topliss-reactive ketones (excluding diaryl/α,β-unsaturated/α-hetero) is 1. The summed E-state index contributed by atoms with van der Waals surface area (Å²) in [6, 6.07) is 24.6. The molecule has 40 heavy (non-hydrogen) atoms. The number of benzene rings is 4. The molecule has 0 aliphatic carbocycles. The number of carbonyl (C=O) groups excluding carboxylic acids is 3. The van der Waals surface area contributed by atoms with Gasteiger partial charge in [-0.25, -0.2) is 0 Å². The maximum atomic E-state index is 14.9. The van der Waals surface area contributed by atoms with E-state index in [0.29, 0.717) is 39.6 Å². The molecular formula is C33H26ClN3O3. The first-order chi connectivity index (χ1) is 19.4. The number of para-hydroxylation sites is 1. The SMILES string of the molecule is Cc1c(Cl)ccc2c1NC(=O)[C@]21N2CCC[C@H]2[C@@H](C(=O)c2ccc3ccccc3c2)[C@]12C(=O)Nc1ccccc12. The maximum absolute atomic E-state index is 14.9. The van der Waals surface area contributed by atoms with E-state index in [9.17, 15) is 14.4 Å². The summed E-state index contributed by atoms with van der Waals surface area (Å²) < 4.78 is 0. The third kappa shape index (κ3) is 2.61. The Morgan fingerprint density at radius 3 is 2.52 bits per heavy atom. The number of hydrogen-bond acceptors (Lipinski definition) is 4. The molecule has 0 unspecified atom stereocenters. The fraction of sp³-hybridized carbons (Fsp3) is 0.242. The van der Waals surface area contributed by atoms with Crippen molar-refractivity contribution in [2.75, 3.05) is 17.2 Å². The molecule has 0 bridgehead atoms. The van der Waals surface area contributed by atoms with Crippen LogP contribution >= 0.6 is 11.6 Å². The van der Waals surface area contributed by atoms with Crippen LogP contribution in [0, 0.1) is 12.8 Å². The van der Waals surface area contributed by atoms with E-state index in [2.05, 4.69) is 15.5 Å². The van der Waals surface area contributed by atoms with E-state index in [4.69, 9.17) is 11.6 Å². The lowest BCUT2D eigenvalue weighted by Gasteiger charge is -2.43. The Hall–Kier alpha value is -4.00. The standard InChI is InChI=1S/C33H26ClN3O3/c1-18-24(34)15-14-23-28(18)36-31(40)33(23)32(22-9-4-5-10-25(22)35-30(32)39)27(26-11-6-16-37(26)33)29(38)21-13-12-19-7-2-3-8-20(19)17-21/h2-5,7-10,12-15,17,26-27H,6,11,16H2,1H3,(H,35,39)(H,36,40)/t26-,27-,32+,33+/m0/s1. The minimum atomic E-state index is -1.47. The van der Waals surface area contributed by atoms with Crippen molar-refractivity contribution in [2.24, 2.45) is 5.92 Å². The molecule has 6 nitrogen and oxygen atoms in total. The van der Waals surface area contributed by atoms with Crippen molar-refractivity contribution in [1.29, 1.82) is 0 Å². The number of halogens is 1. The Morgan fingerprint density at radius 1 is 0.900 bits per heavy atom. The average Bonchev–Trinajstić information content (AvgIpc) is 3.69. The predicted molar refractivity (Wildman–Crippen MR) is 155 cm³/mol. The van der Waals surface area contributed by atoms with Gasteiger partial charge in [0.15, 0.2) is 5.78 Å². The Bertz CT molecular complexity index is 1820. The fourth-order valence-corrected chi connectivity index (χ4v) is 8.45. The molecule has 0 saturated carbocycles. The molecule has 4 aliphatic heterocycles. The molecule has 4 atom stereocenters. The lowest BCUT2D eigenvalue weighted by Crippen LogP contribution is -2.62. The molecular weight excluding hydrogens is 522 g/mol. The zero-order valence-electron chi connectivity index (χ0n) is 21.8. The van der Waals surface area contributed by atoms with Crippen molar-refractivity contribution in [3.63, 3.8) is 0 Å². The monoisotopic (exact) mass is 547 g/mol. The van der Waals surface area contributed by atoms with Crippen molar-refractivity contribution in [3.05, 3.63) is 106 Å². The second-order valence-electron chi connectivity index (χ2n) is 11.4. The minimum Gasteiger partial charge on any atom is -0.325 e. The summed E-state index contributed by atoms with van der Waals surface area (Å²) in [6.07, 6.45) is 1.56. The number of carbonyl (C=O) groups is 3. The van der Waals surface area contributed by atoms with E-state index >= 15 is 0 Å². The van der Waals surface area contributed by atoms with Crippen molar-refractivity contribution in [3.8, 4) is 0 Å². The lowest BCUT2D eigenvalue weighted by molar-refractivity contribution is -0.137. The van der Waals surface area contributed by atoms with Gasteiger partial charge in [0.1, 0.15) is 11.0 Å². The number of anilines is 2. The Morgan fingerprint density at radius 2 is 1.68 bits per heavy atom. The second kappa shape index (κ2) is 8.03. The van der Waals surface area contributed by atoms with E-state index in [0.717, 1.165) is 29.2 Å². The van der Waals surface area contributed by atoms with Crippen LogP contribution in [-0.2, 0) is 20.5 Å². The third-order valence-electron chi connectivity index (χ3n) is 9.78. The summed E-state index contributed by atoms with van der Waals surface area (Å²) in [6.45, 7) is 2.49. The first-order valence-corrected chi connectivity index (χ1v) is 14.1. The van der Waals surface area contributed by atoms with E-state index in [1.54, 1.807) is 6.07 Å². The highest BCUT2D eigenvalue weighted by atomic mass is 35.5. The third-order valence-corrected chi connectivity index (χ3v) is 10.2. The molecule has 4 aromatic rings. The van der Waals surface area contributed by atoms with Gasteiger partial charge in [-0.15, -0.1) is 0 Å². The molecule has 2 N–H and O–H groups in total. The quantitative estimate of drug-likeness (QED) is 0.310. The average molecular weight is 548 g/mol. The molecule has 4 heterocycles. The minimum absolute atomic E-state index is 0.113. The van der Waals surface area contributed by atoms with Gasteiger partial charge < -0.3 is 10.6 Å². The molecule has 8 rings (SSSR count). The van der Waals surface area contributed by atoms with Gasteiger partial charge in [0.05, 0.1) is 11.6 Å². The molecule has 0 radical (unpaired) electrons.